The number of nitrogens with one attached hydrogen (secondary N) is 1. The maximum Gasteiger partial charge on any atom is 0.260 e. The van der Waals surface area contributed by atoms with Crippen LogP contribution in [0.2, 0.25) is 0 Å². The molecule has 1 N–H and O–H groups in total. The van der Waals surface area contributed by atoms with Gasteiger partial charge in [0.15, 0.2) is 5.13 Å². The molecule has 0 unspecified atom stereocenters. The van der Waals surface area contributed by atoms with Gasteiger partial charge < -0.3 is 0 Å². The third kappa shape index (κ3) is 3.52. The zero-order valence-electron chi connectivity index (χ0n) is 16.3. The highest BCUT2D eigenvalue weighted by molar-refractivity contribution is 7.16. The molecule has 0 bridgehead atoms. The van der Waals surface area contributed by atoms with Gasteiger partial charge in [-0.2, -0.15) is 5.10 Å². The van der Waals surface area contributed by atoms with E-state index >= 15 is 0 Å². The van der Waals surface area contributed by atoms with Crippen LogP contribution < -0.4 is 5.32 Å². The van der Waals surface area contributed by atoms with E-state index in [0.717, 1.165) is 40.4 Å². The van der Waals surface area contributed by atoms with Crippen molar-refractivity contribution in [2.45, 2.75) is 25.7 Å². The van der Waals surface area contributed by atoms with Gasteiger partial charge in [0, 0.05) is 16.4 Å². The summed E-state index contributed by atoms with van der Waals surface area (Å²) < 4.78 is 15.1. The normalized spacial score (nSPS) is 13.4. The predicted molar refractivity (Wildman–Crippen MR) is 116 cm³/mol. The van der Waals surface area contributed by atoms with Crippen LogP contribution in [0, 0.1) is 12.7 Å². The monoisotopic (exact) mass is 418 g/mol. The fourth-order valence-corrected chi connectivity index (χ4v) is 4.38. The highest BCUT2D eigenvalue weighted by Gasteiger charge is 2.33. The topological polar surface area (TPSA) is 59.8 Å². The van der Waals surface area contributed by atoms with Crippen LogP contribution in [0.15, 0.2) is 60.8 Å². The molecule has 2 aromatic heterocycles. The third-order valence-corrected chi connectivity index (χ3v) is 6.04. The summed E-state index contributed by atoms with van der Waals surface area (Å²) >= 11 is 1.41. The summed E-state index contributed by atoms with van der Waals surface area (Å²) in [6.45, 7) is 1.94. The standard InChI is InChI=1S/C23H19FN4OS/c1-14-20(15-9-11-17(24)12-10-15)26-23(30-14)27-22(29)19-13-25-28(21(19)16-7-8-16)18-5-3-2-4-6-18/h2-6,9-13,16H,7-8H2,1H3,(H,26,27,29). The van der Waals surface area contributed by atoms with Gasteiger partial charge in [-0.1, -0.05) is 18.2 Å². The number of para-hydroxylation sites is 1. The number of amides is 1. The van der Waals surface area contributed by atoms with E-state index in [-0.39, 0.29) is 11.7 Å². The van der Waals surface area contributed by atoms with Crippen LogP contribution in [-0.2, 0) is 0 Å². The highest BCUT2D eigenvalue weighted by Crippen LogP contribution is 2.42. The van der Waals surface area contributed by atoms with E-state index in [0.29, 0.717) is 16.6 Å². The fraction of sp³-hybridized carbons (Fsp3) is 0.174. The Bertz CT molecular complexity index is 1210. The van der Waals surface area contributed by atoms with Gasteiger partial charge in [-0.3, -0.25) is 10.1 Å². The number of thiazole rings is 1. The number of hydrogen-bond acceptors (Lipinski definition) is 4. The number of halogens is 1. The first-order valence-corrected chi connectivity index (χ1v) is 10.6. The van der Waals surface area contributed by atoms with Gasteiger partial charge in [-0.15, -0.1) is 11.3 Å². The first kappa shape index (κ1) is 18.7. The Morgan fingerprint density at radius 3 is 2.57 bits per heavy atom. The second-order valence-electron chi connectivity index (χ2n) is 7.35. The van der Waals surface area contributed by atoms with Crippen molar-refractivity contribution in [3.8, 4) is 16.9 Å². The van der Waals surface area contributed by atoms with Gasteiger partial charge in [0.1, 0.15) is 5.82 Å². The Balaban J connectivity index is 1.43. The minimum atomic E-state index is -0.289. The molecular weight excluding hydrogens is 399 g/mol. The summed E-state index contributed by atoms with van der Waals surface area (Å²) in [6, 6.07) is 16.1. The number of carbonyl (C=O) groups is 1. The van der Waals surface area contributed by atoms with Crippen molar-refractivity contribution >= 4 is 22.4 Å². The Labute approximate surface area is 177 Å². The number of aryl methyl sites for hydroxylation is 1. The smallest absolute Gasteiger partial charge is 0.260 e. The molecule has 150 valence electrons. The molecule has 1 aliphatic carbocycles. The third-order valence-electron chi connectivity index (χ3n) is 5.15. The van der Waals surface area contributed by atoms with Gasteiger partial charge in [0.25, 0.3) is 5.91 Å². The van der Waals surface area contributed by atoms with Gasteiger partial charge in [0.05, 0.1) is 28.8 Å². The molecule has 1 saturated carbocycles. The lowest BCUT2D eigenvalue weighted by atomic mass is 10.1. The number of carbonyl (C=O) groups excluding carboxylic acids is 1. The molecule has 2 aromatic carbocycles. The zero-order chi connectivity index (χ0) is 20.7. The van der Waals surface area contributed by atoms with Crippen molar-refractivity contribution in [3.05, 3.63) is 82.7 Å². The van der Waals surface area contributed by atoms with E-state index in [1.165, 1.54) is 23.5 Å². The maximum absolute atomic E-state index is 13.2. The average molecular weight is 418 g/mol. The number of nitrogens with zero attached hydrogens (tertiary/aromatic N) is 3. The molecule has 1 fully saturated rings. The Morgan fingerprint density at radius 1 is 1.13 bits per heavy atom. The Morgan fingerprint density at radius 2 is 1.87 bits per heavy atom. The van der Waals surface area contributed by atoms with E-state index in [2.05, 4.69) is 15.4 Å². The SMILES string of the molecule is Cc1sc(NC(=O)c2cnn(-c3ccccc3)c2C2CC2)nc1-c1ccc(F)cc1. The molecule has 4 aromatic rings. The molecular formula is C23H19FN4OS. The molecule has 0 aliphatic heterocycles. The lowest BCUT2D eigenvalue weighted by molar-refractivity contribution is 0.102. The second kappa shape index (κ2) is 7.50. The van der Waals surface area contributed by atoms with Crippen molar-refractivity contribution in [1.82, 2.24) is 14.8 Å². The van der Waals surface area contributed by atoms with E-state index in [1.807, 2.05) is 41.9 Å². The highest BCUT2D eigenvalue weighted by atomic mass is 32.1. The van der Waals surface area contributed by atoms with Crippen molar-refractivity contribution in [1.29, 1.82) is 0 Å². The molecule has 0 atom stereocenters. The number of rotatable bonds is 5. The van der Waals surface area contributed by atoms with Gasteiger partial charge >= 0.3 is 0 Å². The van der Waals surface area contributed by atoms with E-state index in [4.69, 9.17) is 0 Å². The van der Waals surface area contributed by atoms with Crippen LogP contribution in [0.5, 0.6) is 0 Å². The zero-order valence-corrected chi connectivity index (χ0v) is 17.1. The average Bonchev–Trinajstić information content (AvgIpc) is 3.39. The Kier molecular flexibility index (Phi) is 4.67. The first-order chi connectivity index (χ1) is 14.6. The minimum absolute atomic E-state index is 0.210. The van der Waals surface area contributed by atoms with Gasteiger partial charge in [-0.05, 0) is 56.2 Å². The maximum atomic E-state index is 13.2. The fourth-order valence-electron chi connectivity index (χ4n) is 3.55. The molecule has 5 nitrogen and oxygen atoms in total. The predicted octanol–water partition coefficient (Wildman–Crippen LogP) is 5.57. The van der Waals surface area contributed by atoms with Crippen LogP contribution in [0.4, 0.5) is 9.52 Å². The van der Waals surface area contributed by atoms with Crippen molar-refractivity contribution < 1.29 is 9.18 Å². The van der Waals surface area contributed by atoms with Gasteiger partial charge in [0.2, 0.25) is 0 Å². The summed E-state index contributed by atoms with van der Waals surface area (Å²) in [4.78, 5) is 18.6. The Hall–Kier alpha value is -3.32. The molecule has 1 amide bonds. The van der Waals surface area contributed by atoms with Crippen LogP contribution >= 0.6 is 11.3 Å². The summed E-state index contributed by atoms with van der Waals surface area (Å²) in [5.41, 5.74) is 4.05. The molecule has 0 saturated heterocycles. The van der Waals surface area contributed by atoms with Crippen LogP contribution in [0.1, 0.15) is 39.7 Å². The van der Waals surface area contributed by atoms with Crippen LogP contribution in [-0.4, -0.2) is 20.7 Å². The summed E-state index contributed by atoms with van der Waals surface area (Å²) in [5, 5.41) is 7.94. The largest absolute Gasteiger partial charge is 0.298 e. The number of aromatic nitrogens is 3. The number of hydrogen-bond donors (Lipinski definition) is 1. The minimum Gasteiger partial charge on any atom is -0.298 e. The van der Waals surface area contributed by atoms with Gasteiger partial charge in [-0.25, -0.2) is 14.1 Å². The summed E-state index contributed by atoms with van der Waals surface area (Å²) in [5.74, 6) is -0.150. The van der Waals surface area contributed by atoms with E-state index < -0.39 is 0 Å². The summed E-state index contributed by atoms with van der Waals surface area (Å²) in [7, 11) is 0. The molecule has 0 radical (unpaired) electrons. The molecule has 30 heavy (non-hydrogen) atoms. The molecule has 7 heteroatoms. The molecule has 5 rings (SSSR count). The first-order valence-electron chi connectivity index (χ1n) is 9.78. The van der Waals surface area contributed by atoms with E-state index in [9.17, 15) is 9.18 Å². The van der Waals surface area contributed by atoms with Crippen LogP contribution in [0.25, 0.3) is 16.9 Å². The molecule has 2 heterocycles. The summed E-state index contributed by atoms with van der Waals surface area (Å²) in [6.07, 6.45) is 3.76. The van der Waals surface area contributed by atoms with Crippen molar-refractivity contribution in [3.63, 3.8) is 0 Å². The molecule has 1 aliphatic rings. The quantitative estimate of drug-likeness (QED) is 0.461. The lowest BCUT2D eigenvalue weighted by Gasteiger charge is -2.08. The second-order valence-corrected chi connectivity index (χ2v) is 8.55. The number of anilines is 1. The lowest BCUT2D eigenvalue weighted by Crippen LogP contribution is -2.14. The van der Waals surface area contributed by atoms with Crippen LogP contribution in [0.3, 0.4) is 0 Å². The van der Waals surface area contributed by atoms with Crippen molar-refractivity contribution in [2.75, 3.05) is 5.32 Å². The number of benzene rings is 2. The van der Waals surface area contributed by atoms with E-state index in [1.54, 1.807) is 18.3 Å². The molecule has 0 spiro atoms. The van der Waals surface area contributed by atoms with Crippen molar-refractivity contribution in [2.24, 2.45) is 0 Å².